The van der Waals surface area contributed by atoms with Crippen molar-refractivity contribution in [3.8, 4) is 0 Å². The molecule has 1 aliphatic heterocycles. The van der Waals surface area contributed by atoms with Crippen LogP contribution in [-0.2, 0) is 9.47 Å². The van der Waals surface area contributed by atoms with Gasteiger partial charge in [-0.05, 0) is 19.3 Å². The SMILES string of the molecule is CCCOCCNC1CCOCC1. The molecule has 0 amide bonds. The molecule has 0 aliphatic carbocycles. The van der Waals surface area contributed by atoms with E-state index in [1.807, 2.05) is 0 Å². The fourth-order valence-corrected chi connectivity index (χ4v) is 1.48. The van der Waals surface area contributed by atoms with Crippen LogP contribution in [0.5, 0.6) is 0 Å². The van der Waals surface area contributed by atoms with E-state index in [9.17, 15) is 0 Å². The average molecular weight is 187 g/mol. The number of nitrogens with one attached hydrogen (secondary N) is 1. The summed E-state index contributed by atoms with van der Waals surface area (Å²) < 4.78 is 10.7. The van der Waals surface area contributed by atoms with Gasteiger partial charge in [0.25, 0.3) is 0 Å². The minimum absolute atomic E-state index is 0.652. The lowest BCUT2D eigenvalue weighted by atomic mass is 10.1. The van der Waals surface area contributed by atoms with Gasteiger partial charge in [-0.25, -0.2) is 0 Å². The second-order valence-electron chi connectivity index (χ2n) is 3.45. The van der Waals surface area contributed by atoms with E-state index in [0.717, 1.165) is 52.2 Å². The van der Waals surface area contributed by atoms with Gasteiger partial charge in [-0.3, -0.25) is 0 Å². The first kappa shape index (κ1) is 11.0. The molecule has 1 fully saturated rings. The van der Waals surface area contributed by atoms with Gasteiger partial charge in [0.05, 0.1) is 6.61 Å². The molecule has 1 saturated heterocycles. The molecule has 13 heavy (non-hydrogen) atoms. The quantitative estimate of drug-likeness (QED) is 0.633. The summed E-state index contributed by atoms with van der Waals surface area (Å²) in [5.74, 6) is 0. The highest BCUT2D eigenvalue weighted by Crippen LogP contribution is 2.05. The van der Waals surface area contributed by atoms with Crippen LogP contribution >= 0.6 is 0 Å². The standard InChI is InChI=1S/C10H21NO2/c1-2-6-12-9-5-11-10-3-7-13-8-4-10/h10-11H,2-9H2,1H3. The highest BCUT2D eigenvalue weighted by atomic mass is 16.5. The Balaban J connectivity index is 1.86. The second-order valence-corrected chi connectivity index (χ2v) is 3.45. The van der Waals surface area contributed by atoms with Crippen LogP contribution in [-0.4, -0.2) is 39.0 Å². The zero-order chi connectivity index (χ0) is 9.36. The fourth-order valence-electron chi connectivity index (χ4n) is 1.48. The van der Waals surface area contributed by atoms with Crippen molar-refractivity contribution < 1.29 is 9.47 Å². The lowest BCUT2D eigenvalue weighted by Crippen LogP contribution is -2.36. The molecule has 0 spiro atoms. The molecule has 1 aliphatic rings. The molecule has 3 nitrogen and oxygen atoms in total. The summed E-state index contributed by atoms with van der Waals surface area (Å²) in [6, 6.07) is 0.652. The van der Waals surface area contributed by atoms with Crippen LogP contribution in [0.15, 0.2) is 0 Å². The average Bonchev–Trinajstić information content (AvgIpc) is 2.19. The lowest BCUT2D eigenvalue weighted by molar-refractivity contribution is 0.0730. The Morgan fingerprint density at radius 2 is 2.08 bits per heavy atom. The van der Waals surface area contributed by atoms with E-state index in [1.54, 1.807) is 0 Å². The molecule has 3 heteroatoms. The molecular formula is C10H21NO2. The molecule has 1 N–H and O–H groups in total. The molecule has 1 heterocycles. The van der Waals surface area contributed by atoms with E-state index in [-0.39, 0.29) is 0 Å². The summed E-state index contributed by atoms with van der Waals surface area (Å²) in [6.07, 6.45) is 3.40. The Bertz CT molecular complexity index is 113. The Hall–Kier alpha value is -0.120. The van der Waals surface area contributed by atoms with Crippen molar-refractivity contribution in [2.75, 3.05) is 33.0 Å². The summed E-state index contributed by atoms with van der Waals surface area (Å²) in [4.78, 5) is 0. The van der Waals surface area contributed by atoms with Gasteiger partial charge in [0.15, 0.2) is 0 Å². The molecule has 0 aromatic rings. The summed E-state index contributed by atoms with van der Waals surface area (Å²) >= 11 is 0. The second kappa shape index (κ2) is 7.30. The number of rotatable bonds is 6. The first-order chi connectivity index (χ1) is 6.43. The van der Waals surface area contributed by atoms with E-state index in [4.69, 9.17) is 9.47 Å². The highest BCUT2D eigenvalue weighted by Gasteiger charge is 2.11. The molecule has 0 radical (unpaired) electrons. The Morgan fingerprint density at radius 3 is 2.77 bits per heavy atom. The smallest absolute Gasteiger partial charge is 0.0590 e. The van der Waals surface area contributed by atoms with E-state index < -0.39 is 0 Å². The topological polar surface area (TPSA) is 30.5 Å². The first-order valence-corrected chi connectivity index (χ1v) is 5.32. The maximum absolute atomic E-state index is 5.38. The lowest BCUT2D eigenvalue weighted by Gasteiger charge is -2.23. The minimum Gasteiger partial charge on any atom is -0.381 e. The van der Waals surface area contributed by atoms with Crippen LogP contribution in [0.3, 0.4) is 0 Å². The monoisotopic (exact) mass is 187 g/mol. The Kier molecular flexibility index (Phi) is 6.15. The predicted molar refractivity (Wildman–Crippen MR) is 53.0 cm³/mol. The van der Waals surface area contributed by atoms with E-state index in [0.29, 0.717) is 6.04 Å². The summed E-state index contributed by atoms with van der Waals surface area (Å²) in [5, 5.41) is 3.48. The van der Waals surface area contributed by atoms with Gasteiger partial charge in [-0.2, -0.15) is 0 Å². The summed E-state index contributed by atoms with van der Waals surface area (Å²) in [6.45, 7) is 6.65. The largest absolute Gasteiger partial charge is 0.381 e. The number of hydrogen-bond donors (Lipinski definition) is 1. The maximum atomic E-state index is 5.38. The molecular weight excluding hydrogens is 166 g/mol. The van der Waals surface area contributed by atoms with Crippen molar-refractivity contribution in [1.82, 2.24) is 5.32 Å². The highest BCUT2D eigenvalue weighted by molar-refractivity contribution is 4.69. The molecule has 0 unspecified atom stereocenters. The van der Waals surface area contributed by atoms with Crippen molar-refractivity contribution in [2.45, 2.75) is 32.2 Å². The molecule has 0 aromatic carbocycles. The fraction of sp³-hybridized carbons (Fsp3) is 1.00. The molecule has 0 saturated carbocycles. The van der Waals surface area contributed by atoms with E-state index >= 15 is 0 Å². The van der Waals surface area contributed by atoms with E-state index in [2.05, 4.69) is 12.2 Å². The van der Waals surface area contributed by atoms with E-state index in [1.165, 1.54) is 0 Å². The molecule has 0 atom stereocenters. The van der Waals surface area contributed by atoms with Crippen LogP contribution in [0, 0.1) is 0 Å². The summed E-state index contributed by atoms with van der Waals surface area (Å²) in [7, 11) is 0. The molecule has 0 bridgehead atoms. The molecule has 0 aromatic heterocycles. The van der Waals surface area contributed by atoms with Gasteiger partial charge in [0, 0.05) is 32.4 Å². The zero-order valence-corrected chi connectivity index (χ0v) is 8.55. The third kappa shape index (κ3) is 5.24. The third-order valence-electron chi connectivity index (χ3n) is 2.25. The van der Waals surface area contributed by atoms with Gasteiger partial charge < -0.3 is 14.8 Å². The maximum Gasteiger partial charge on any atom is 0.0590 e. The number of hydrogen-bond acceptors (Lipinski definition) is 3. The van der Waals surface area contributed by atoms with Crippen molar-refractivity contribution >= 4 is 0 Å². The zero-order valence-electron chi connectivity index (χ0n) is 8.55. The minimum atomic E-state index is 0.652. The van der Waals surface area contributed by atoms with Gasteiger partial charge in [-0.1, -0.05) is 6.92 Å². The van der Waals surface area contributed by atoms with Crippen LogP contribution < -0.4 is 5.32 Å². The summed E-state index contributed by atoms with van der Waals surface area (Å²) in [5.41, 5.74) is 0. The van der Waals surface area contributed by atoms with Crippen LogP contribution in [0.4, 0.5) is 0 Å². The molecule has 1 rings (SSSR count). The molecule has 78 valence electrons. The van der Waals surface area contributed by atoms with Crippen LogP contribution in [0.25, 0.3) is 0 Å². The van der Waals surface area contributed by atoms with Crippen molar-refractivity contribution in [2.24, 2.45) is 0 Å². The van der Waals surface area contributed by atoms with Crippen molar-refractivity contribution in [3.05, 3.63) is 0 Å². The number of ether oxygens (including phenoxy) is 2. The van der Waals surface area contributed by atoms with Gasteiger partial charge in [0.1, 0.15) is 0 Å². The predicted octanol–water partition coefficient (Wildman–Crippen LogP) is 1.18. The normalized spacial score (nSPS) is 19.2. The first-order valence-electron chi connectivity index (χ1n) is 5.32. The van der Waals surface area contributed by atoms with Crippen LogP contribution in [0.2, 0.25) is 0 Å². The Labute approximate surface area is 80.8 Å². The van der Waals surface area contributed by atoms with Crippen molar-refractivity contribution in [3.63, 3.8) is 0 Å². The van der Waals surface area contributed by atoms with Gasteiger partial charge in [0.2, 0.25) is 0 Å². The van der Waals surface area contributed by atoms with Gasteiger partial charge >= 0.3 is 0 Å². The van der Waals surface area contributed by atoms with Crippen molar-refractivity contribution in [1.29, 1.82) is 0 Å². The van der Waals surface area contributed by atoms with Crippen LogP contribution in [0.1, 0.15) is 26.2 Å². The third-order valence-corrected chi connectivity index (χ3v) is 2.25. The Morgan fingerprint density at radius 1 is 1.31 bits per heavy atom. The van der Waals surface area contributed by atoms with Gasteiger partial charge in [-0.15, -0.1) is 0 Å².